The number of aryl methyl sites for hydroxylation is 1. The Morgan fingerprint density at radius 1 is 0.976 bits per heavy atom. The van der Waals surface area contributed by atoms with Crippen LogP contribution in [0.5, 0.6) is 0 Å². The van der Waals surface area contributed by atoms with E-state index in [1.165, 1.54) is 25.2 Å². The lowest BCUT2D eigenvalue weighted by atomic mass is 9.99. The maximum Gasteiger partial charge on any atom is 0.416 e. The van der Waals surface area contributed by atoms with Crippen LogP contribution in [0.25, 0.3) is 0 Å². The molecule has 3 aromatic rings. The maximum absolute atomic E-state index is 14.5. The second-order valence-electron chi connectivity index (χ2n) is 10.1. The average Bonchev–Trinajstić information content (AvgIpc) is 2.95. The first-order chi connectivity index (χ1) is 19.3. The number of carbonyl (C=O) groups excluding carboxylic acids is 1. The Labute approximate surface area is 238 Å². The van der Waals surface area contributed by atoms with Gasteiger partial charge in [0, 0.05) is 51.1 Å². The lowest BCUT2D eigenvalue weighted by molar-refractivity contribution is -0.137. The number of thiol groups is 1. The van der Waals surface area contributed by atoms with Crippen molar-refractivity contribution >= 4 is 33.9 Å². The minimum absolute atomic E-state index is 0.0191. The summed E-state index contributed by atoms with van der Waals surface area (Å²) in [6.07, 6.45) is -4.52. The Bertz CT molecular complexity index is 1460. The minimum Gasteiger partial charge on any atom is -0.368 e. The molecule has 0 saturated carbocycles. The van der Waals surface area contributed by atoms with Gasteiger partial charge >= 0.3 is 6.18 Å². The van der Waals surface area contributed by atoms with E-state index in [0.29, 0.717) is 43.0 Å². The van der Waals surface area contributed by atoms with Crippen molar-refractivity contribution in [2.75, 3.05) is 47.3 Å². The maximum atomic E-state index is 14.5. The van der Waals surface area contributed by atoms with E-state index in [2.05, 4.69) is 10.2 Å². The summed E-state index contributed by atoms with van der Waals surface area (Å²) in [5.41, 5.74) is 2.55. The van der Waals surface area contributed by atoms with Gasteiger partial charge in [-0.1, -0.05) is 29.8 Å². The molecule has 0 aliphatic carbocycles. The second-order valence-corrected chi connectivity index (χ2v) is 11.1. The molecule has 1 N–H and O–H groups in total. The van der Waals surface area contributed by atoms with Gasteiger partial charge in [-0.05, 0) is 61.4 Å². The number of piperazine rings is 1. The van der Waals surface area contributed by atoms with Crippen molar-refractivity contribution in [1.29, 1.82) is 0 Å². The summed E-state index contributed by atoms with van der Waals surface area (Å²) in [5, 5.41) is 2.76. The van der Waals surface area contributed by atoms with Crippen molar-refractivity contribution in [1.82, 2.24) is 5.32 Å². The molecule has 220 valence electrons. The fraction of sp³-hybridized carbons (Fsp3) is 0.345. The fourth-order valence-electron chi connectivity index (χ4n) is 4.77. The molecule has 4 rings (SSSR count). The number of hydrogen-bond donors (Lipinski definition) is 2. The molecule has 1 saturated heterocycles. The van der Waals surface area contributed by atoms with Gasteiger partial charge in [-0.15, -0.1) is 0 Å². The highest BCUT2D eigenvalue weighted by Crippen LogP contribution is 2.34. The van der Waals surface area contributed by atoms with Crippen molar-refractivity contribution < 1.29 is 30.8 Å². The number of hydrogen-bond acceptors (Lipinski definition) is 5. The van der Waals surface area contributed by atoms with E-state index in [1.807, 2.05) is 36.1 Å². The normalized spacial score (nSPS) is 14.7. The smallest absolute Gasteiger partial charge is 0.368 e. The number of alkyl halides is 3. The molecule has 1 heterocycles. The molecular formula is C29H32F4N4O3S. The van der Waals surface area contributed by atoms with Crippen molar-refractivity contribution in [3.63, 3.8) is 0 Å². The molecule has 12 heteroatoms. The summed E-state index contributed by atoms with van der Waals surface area (Å²) < 4.78 is 78.4. The van der Waals surface area contributed by atoms with E-state index in [0.717, 1.165) is 33.8 Å². The topological polar surface area (TPSA) is 73.0 Å². The summed E-state index contributed by atoms with van der Waals surface area (Å²) in [6, 6.07) is 15.5. The third kappa shape index (κ3) is 7.10. The molecule has 1 aliphatic rings. The summed E-state index contributed by atoms with van der Waals surface area (Å²) >= 11 is 0. The Hall–Kier alpha value is -3.80. The monoisotopic (exact) mass is 592 g/mol. The number of nitrogens with one attached hydrogen (secondary N) is 1. The molecule has 1 unspecified atom stereocenters. The number of amides is 1. The zero-order valence-electron chi connectivity index (χ0n) is 22.9. The standard InChI is InChI=1S/C29H32F4N4O3S/c1-19-4-9-24(10-5-19)36-12-14-37(15-13-36)27-17-23(29(31,32)33)8-6-22(27)18-34-28(38)20(2)21-7-11-26(25(30)16-21)35(3)41(39)40/h4-11,16-17,20,41H,12-15,18H2,1-3H3,(H,34,38). The highest BCUT2D eigenvalue weighted by Gasteiger charge is 2.32. The fourth-order valence-corrected chi connectivity index (χ4v) is 5.11. The van der Waals surface area contributed by atoms with E-state index in [4.69, 9.17) is 0 Å². The van der Waals surface area contributed by atoms with Crippen molar-refractivity contribution in [2.24, 2.45) is 0 Å². The van der Waals surface area contributed by atoms with Gasteiger partial charge in [-0.2, -0.15) is 13.2 Å². The van der Waals surface area contributed by atoms with Crippen LogP contribution in [0.1, 0.15) is 35.1 Å². The van der Waals surface area contributed by atoms with Gasteiger partial charge in [-0.25, -0.2) is 12.8 Å². The van der Waals surface area contributed by atoms with Gasteiger partial charge < -0.3 is 15.1 Å². The first-order valence-corrected chi connectivity index (χ1v) is 14.2. The molecule has 1 fully saturated rings. The first kappa shape index (κ1) is 30.2. The van der Waals surface area contributed by atoms with Crippen LogP contribution in [0.2, 0.25) is 0 Å². The molecule has 0 aromatic heterocycles. The van der Waals surface area contributed by atoms with E-state index in [1.54, 1.807) is 6.92 Å². The first-order valence-electron chi connectivity index (χ1n) is 13.1. The summed E-state index contributed by atoms with van der Waals surface area (Å²) in [7, 11) is -1.81. The van der Waals surface area contributed by atoms with Crippen LogP contribution < -0.4 is 19.4 Å². The molecular weight excluding hydrogens is 560 g/mol. The largest absolute Gasteiger partial charge is 0.416 e. The van der Waals surface area contributed by atoms with Crippen LogP contribution in [0.3, 0.4) is 0 Å². The third-order valence-corrected chi connectivity index (χ3v) is 8.05. The van der Waals surface area contributed by atoms with Crippen LogP contribution in [0.4, 0.5) is 34.6 Å². The van der Waals surface area contributed by atoms with E-state index >= 15 is 0 Å². The molecule has 1 atom stereocenters. The van der Waals surface area contributed by atoms with Gasteiger partial charge in [0.15, 0.2) is 0 Å². The van der Waals surface area contributed by atoms with Crippen LogP contribution >= 0.6 is 0 Å². The van der Waals surface area contributed by atoms with Crippen LogP contribution in [0, 0.1) is 12.7 Å². The molecule has 0 radical (unpaired) electrons. The van der Waals surface area contributed by atoms with Gasteiger partial charge in [0.2, 0.25) is 16.8 Å². The number of carbonyl (C=O) groups is 1. The summed E-state index contributed by atoms with van der Waals surface area (Å²) in [5.74, 6) is -2.03. The summed E-state index contributed by atoms with van der Waals surface area (Å²) in [4.78, 5) is 17.0. The summed E-state index contributed by atoms with van der Waals surface area (Å²) in [6.45, 7) is 5.81. The molecule has 3 aromatic carbocycles. The molecule has 1 aliphatic heterocycles. The highest BCUT2D eigenvalue weighted by atomic mass is 32.2. The predicted molar refractivity (Wildman–Crippen MR) is 152 cm³/mol. The second kappa shape index (κ2) is 12.4. The average molecular weight is 593 g/mol. The minimum atomic E-state index is -4.52. The zero-order valence-corrected chi connectivity index (χ0v) is 23.8. The van der Waals surface area contributed by atoms with Crippen molar-refractivity contribution in [3.8, 4) is 0 Å². The van der Waals surface area contributed by atoms with Crippen LogP contribution in [0.15, 0.2) is 60.7 Å². The molecule has 41 heavy (non-hydrogen) atoms. The Kier molecular flexibility index (Phi) is 9.11. The molecule has 1 amide bonds. The number of benzene rings is 3. The van der Waals surface area contributed by atoms with E-state index in [-0.39, 0.29) is 12.2 Å². The Morgan fingerprint density at radius 2 is 1.61 bits per heavy atom. The van der Waals surface area contributed by atoms with E-state index < -0.39 is 40.3 Å². The Morgan fingerprint density at radius 3 is 2.20 bits per heavy atom. The van der Waals surface area contributed by atoms with Crippen molar-refractivity contribution in [3.05, 3.63) is 88.7 Å². The lowest BCUT2D eigenvalue weighted by Crippen LogP contribution is -2.47. The zero-order chi connectivity index (χ0) is 29.9. The van der Waals surface area contributed by atoms with Gasteiger partial charge in [-0.3, -0.25) is 9.10 Å². The Balaban J connectivity index is 1.48. The SMILES string of the molecule is Cc1ccc(N2CCN(c3cc(C(F)(F)F)ccc3CNC(=O)C(C)c3ccc(N(C)[SH](=O)=O)c(F)c3)CC2)cc1. The van der Waals surface area contributed by atoms with Crippen LogP contribution in [-0.2, 0) is 28.4 Å². The number of nitrogens with zero attached hydrogens (tertiary/aromatic N) is 3. The van der Waals surface area contributed by atoms with Crippen molar-refractivity contribution in [2.45, 2.75) is 32.5 Å². The quantitative estimate of drug-likeness (QED) is 0.289. The number of anilines is 3. The lowest BCUT2D eigenvalue weighted by Gasteiger charge is -2.38. The number of halogens is 4. The molecule has 0 bridgehead atoms. The van der Waals surface area contributed by atoms with Gasteiger partial charge in [0.25, 0.3) is 0 Å². The molecule has 7 nitrogen and oxygen atoms in total. The molecule has 0 spiro atoms. The third-order valence-electron chi connectivity index (χ3n) is 7.34. The highest BCUT2D eigenvalue weighted by molar-refractivity contribution is 7.74. The van der Waals surface area contributed by atoms with Crippen LogP contribution in [-0.4, -0.2) is 47.6 Å². The van der Waals surface area contributed by atoms with E-state index in [9.17, 15) is 30.8 Å². The van der Waals surface area contributed by atoms with Gasteiger partial charge in [0.1, 0.15) is 5.82 Å². The number of rotatable bonds is 8. The van der Waals surface area contributed by atoms with Gasteiger partial charge in [0.05, 0.1) is 17.2 Å². The predicted octanol–water partition coefficient (Wildman–Crippen LogP) is 4.86.